The van der Waals surface area contributed by atoms with Crippen LogP contribution in [0.4, 0.5) is 5.69 Å². The number of piperazine rings is 1. The number of nitrogens with one attached hydrogen (secondary N) is 1. The summed E-state index contributed by atoms with van der Waals surface area (Å²) in [6.45, 7) is 7.22. The van der Waals surface area contributed by atoms with Gasteiger partial charge in [-0.1, -0.05) is 12.1 Å². The quantitative estimate of drug-likeness (QED) is 0.862. The molecule has 5 nitrogen and oxygen atoms in total. The normalized spacial score (nSPS) is 23.3. The molecule has 3 rings (SSSR count). The molecule has 7 heteroatoms. The van der Waals surface area contributed by atoms with E-state index in [1.165, 1.54) is 0 Å². The van der Waals surface area contributed by atoms with Gasteiger partial charge in [0.05, 0.1) is 18.2 Å². The highest BCUT2D eigenvalue weighted by molar-refractivity contribution is 5.85. The van der Waals surface area contributed by atoms with Crippen molar-refractivity contribution in [2.45, 2.75) is 19.8 Å². The summed E-state index contributed by atoms with van der Waals surface area (Å²) >= 11 is 0. The van der Waals surface area contributed by atoms with Crippen molar-refractivity contribution in [1.29, 1.82) is 0 Å². The molecule has 0 radical (unpaired) electrons. The predicted molar refractivity (Wildman–Crippen MR) is 106 cm³/mol. The minimum atomic E-state index is -0.231. The lowest BCUT2D eigenvalue weighted by molar-refractivity contribution is -0.142. The largest absolute Gasteiger partial charge is 0.495 e. The number of amides is 1. The van der Waals surface area contributed by atoms with Gasteiger partial charge < -0.3 is 19.9 Å². The number of rotatable bonds is 3. The third-order valence-electron chi connectivity index (χ3n) is 5.11. The molecule has 2 heterocycles. The smallest absolute Gasteiger partial charge is 0.229 e. The second kappa shape index (κ2) is 9.51. The second-order valence-corrected chi connectivity index (χ2v) is 6.79. The van der Waals surface area contributed by atoms with Gasteiger partial charge in [0, 0.05) is 32.7 Å². The summed E-state index contributed by atoms with van der Waals surface area (Å²) in [5.74, 6) is 1.21. The van der Waals surface area contributed by atoms with Crippen LogP contribution < -0.4 is 15.0 Å². The molecule has 2 fully saturated rings. The standard InChI is InChI=1S/C18H27N3O2.2ClH/c1-18(8-5-9-19-14-18)17(22)21-12-10-20(11-13-21)15-6-3-4-7-16(15)23-2;;/h3-4,6-7,19H,5,8-14H2,1-2H3;2*1H. The zero-order valence-corrected chi connectivity index (χ0v) is 16.6. The van der Waals surface area contributed by atoms with Gasteiger partial charge in [-0.15, -0.1) is 24.8 Å². The molecule has 1 atom stereocenters. The maximum Gasteiger partial charge on any atom is 0.229 e. The van der Waals surface area contributed by atoms with Gasteiger partial charge in [-0.3, -0.25) is 4.79 Å². The zero-order valence-electron chi connectivity index (χ0n) is 15.0. The second-order valence-electron chi connectivity index (χ2n) is 6.79. The first-order valence-corrected chi connectivity index (χ1v) is 8.52. The number of ether oxygens (including phenoxy) is 1. The lowest BCUT2D eigenvalue weighted by Gasteiger charge is -2.42. The molecule has 0 aliphatic carbocycles. The summed E-state index contributed by atoms with van der Waals surface area (Å²) in [7, 11) is 1.70. The Kier molecular flexibility index (Phi) is 8.32. The highest BCUT2D eigenvalue weighted by Crippen LogP contribution is 2.31. The number of hydrogen-bond donors (Lipinski definition) is 1. The summed E-state index contributed by atoms with van der Waals surface area (Å²) in [6.07, 6.45) is 2.08. The van der Waals surface area contributed by atoms with E-state index in [1.807, 2.05) is 23.1 Å². The van der Waals surface area contributed by atoms with Crippen LogP contribution in [0.1, 0.15) is 19.8 Å². The average Bonchev–Trinajstić information content (AvgIpc) is 2.62. The van der Waals surface area contributed by atoms with Gasteiger partial charge in [-0.25, -0.2) is 0 Å². The van der Waals surface area contributed by atoms with Crippen LogP contribution >= 0.6 is 24.8 Å². The third-order valence-corrected chi connectivity index (χ3v) is 5.11. The first-order valence-electron chi connectivity index (χ1n) is 8.52. The fraction of sp³-hybridized carbons (Fsp3) is 0.611. The van der Waals surface area contributed by atoms with E-state index in [4.69, 9.17) is 4.74 Å². The monoisotopic (exact) mass is 389 g/mol. The van der Waals surface area contributed by atoms with Gasteiger partial charge in [0.2, 0.25) is 5.91 Å². The number of para-hydroxylation sites is 2. The van der Waals surface area contributed by atoms with Gasteiger partial charge in [0.1, 0.15) is 5.75 Å². The molecule has 2 saturated heterocycles. The van der Waals surface area contributed by atoms with Gasteiger partial charge in [0.25, 0.3) is 0 Å². The summed E-state index contributed by atoms with van der Waals surface area (Å²) in [4.78, 5) is 17.2. The third kappa shape index (κ3) is 4.72. The summed E-state index contributed by atoms with van der Waals surface area (Å²) < 4.78 is 5.45. The highest BCUT2D eigenvalue weighted by atomic mass is 35.5. The molecular weight excluding hydrogens is 361 g/mol. The van der Waals surface area contributed by atoms with Crippen molar-refractivity contribution in [3.63, 3.8) is 0 Å². The summed E-state index contributed by atoms with van der Waals surface area (Å²) in [6, 6.07) is 8.09. The van der Waals surface area contributed by atoms with Crippen molar-refractivity contribution in [1.82, 2.24) is 10.2 Å². The Labute approximate surface area is 162 Å². The Bertz CT molecular complexity index is 557. The number of carbonyl (C=O) groups excluding carboxylic acids is 1. The van der Waals surface area contributed by atoms with E-state index >= 15 is 0 Å². The minimum Gasteiger partial charge on any atom is -0.495 e. The Morgan fingerprint density at radius 3 is 2.44 bits per heavy atom. The zero-order chi connectivity index (χ0) is 16.3. The van der Waals surface area contributed by atoms with Crippen LogP contribution in [0.2, 0.25) is 0 Å². The van der Waals surface area contributed by atoms with E-state index in [0.29, 0.717) is 5.91 Å². The van der Waals surface area contributed by atoms with Gasteiger partial charge >= 0.3 is 0 Å². The Balaban J connectivity index is 0.00000156. The number of anilines is 1. The van der Waals surface area contributed by atoms with Crippen LogP contribution in [0.3, 0.4) is 0 Å². The fourth-order valence-corrected chi connectivity index (χ4v) is 3.66. The molecule has 1 aromatic rings. The Morgan fingerprint density at radius 2 is 1.84 bits per heavy atom. The number of carbonyl (C=O) groups is 1. The topological polar surface area (TPSA) is 44.8 Å². The molecule has 1 N–H and O–H groups in total. The maximum atomic E-state index is 12.9. The fourth-order valence-electron chi connectivity index (χ4n) is 3.66. The lowest BCUT2D eigenvalue weighted by Crippen LogP contribution is -2.55. The van der Waals surface area contributed by atoms with E-state index < -0.39 is 0 Å². The molecule has 1 amide bonds. The number of halogens is 2. The van der Waals surface area contributed by atoms with Crippen molar-refractivity contribution in [3.8, 4) is 5.75 Å². The van der Waals surface area contributed by atoms with Crippen LogP contribution in [0.25, 0.3) is 0 Å². The lowest BCUT2D eigenvalue weighted by atomic mass is 9.81. The number of nitrogens with zero attached hydrogens (tertiary/aromatic N) is 2. The average molecular weight is 390 g/mol. The molecule has 0 saturated carbocycles. The van der Waals surface area contributed by atoms with Crippen LogP contribution in [0.15, 0.2) is 24.3 Å². The summed E-state index contributed by atoms with van der Waals surface area (Å²) in [5.41, 5.74) is 0.887. The number of piperidine rings is 1. The molecule has 2 aliphatic heterocycles. The van der Waals surface area contributed by atoms with Crippen LogP contribution in [-0.4, -0.2) is 57.2 Å². The molecule has 0 bridgehead atoms. The molecule has 1 aromatic carbocycles. The van der Waals surface area contributed by atoms with Crippen molar-refractivity contribution in [3.05, 3.63) is 24.3 Å². The van der Waals surface area contributed by atoms with Crippen molar-refractivity contribution >= 4 is 36.4 Å². The van der Waals surface area contributed by atoms with Crippen LogP contribution in [0.5, 0.6) is 5.75 Å². The molecule has 142 valence electrons. The Hall–Kier alpha value is -1.17. The maximum absolute atomic E-state index is 12.9. The van der Waals surface area contributed by atoms with E-state index in [1.54, 1.807) is 7.11 Å². The van der Waals surface area contributed by atoms with E-state index in [0.717, 1.165) is 63.5 Å². The van der Waals surface area contributed by atoms with Crippen LogP contribution in [-0.2, 0) is 4.79 Å². The number of methoxy groups -OCH3 is 1. The van der Waals surface area contributed by atoms with Crippen LogP contribution in [0, 0.1) is 5.41 Å². The van der Waals surface area contributed by atoms with Crippen molar-refractivity contribution in [2.75, 3.05) is 51.3 Å². The van der Waals surface area contributed by atoms with E-state index in [2.05, 4.69) is 23.2 Å². The van der Waals surface area contributed by atoms with Crippen molar-refractivity contribution in [2.24, 2.45) is 5.41 Å². The van der Waals surface area contributed by atoms with E-state index in [9.17, 15) is 4.79 Å². The molecule has 25 heavy (non-hydrogen) atoms. The molecule has 2 aliphatic rings. The molecule has 0 spiro atoms. The Morgan fingerprint density at radius 1 is 1.16 bits per heavy atom. The molecule has 1 unspecified atom stereocenters. The number of benzene rings is 1. The van der Waals surface area contributed by atoms with Gasteiger partial charge in [-0.2, -0.15) is 0 Å². The first-order chi connectivity index (χ1) is 11.1. The molecule has 0 aromatic heterocycles. The van der Waals surface area contributed by atoms with Gasteiger partial charge in [-0.05, 0) is 38.4 Å². The first kappa shape index (κ1) is 21.9. The predicted octanol–water partition coefficient (Wildman–Crippen LogP) is 2.58. The van der Waals surface area contributed by atoms with Gasteiger partial charge in [0.15, 0.2) is 0 Å². The highest BCUT2D eigenvalue weighted by Gasteiger charge is 2.38. The van der Waals surface area contributed by atoms with Crippen molar-refractivity contribution < 1.29 is 9.53 Å². The number of hydrogen-bond acceptors (Lipinski definition) is 4. The molecular formula is C18H29Cl2N3O2. The SMILES string of the molecule is COc1ccccc1N1CCN(C(=O)C2(C)CCCNC2)CC1.Cl.Cl. The van der Waals surface area contributed by atoms with E-state index in [-0.39, 0.29) is 30.2 Å². The minimum absolute atomic E-state index is 0. The summed E-state index contributed by atoms with van der Waals surface area (Å²) in [5, 5.41) is 3.37.